The van der Waals surface area contributed by atoms with Crippen molar-refractivity contribution in [2.24, 2.45) is 10.4 Å². The maximum atomic E-state index is 5.76. The molecule has 0 aliphatic carbocycles. The standard InChI is InChI=1S/C18H37N3O2.HI/c1-6-7-8-9-17(2,3)14-20-16(19-4)21-15-18(22-5)10-12-23-13-11-18;/h6-15H2,1-5H3,(H2,19,20,21);1H. The number of halogens is 1. The second kappa shape index (κ2) is 12.3. The van der Waals surface area contributed by atoms with Gasteiger partial charge in [0.1, 0.15) is 0 Å². The van der Waals surface area contributed by atoms with Gasteiger partial charge in [-0.2, -0.15) is 0 Å². The fourth-order valence-corrected chi connectivity index (χ4v) is 2.93. The maximum absolute atomic E-state index is 5.76. The summed E-state index contributed by atoms with van der Waals surface area (Å²) in [6, 6.07) is 0. The van der Waals surface area contributed by atoms with E-state index in [2.05, 4.69) is 36.4 Å². The van der Waals surface area contributed by atoms with Crippen LogP contribution in [-0.4, -0.2) is 52.0 Å². The van der Waals surface area contributed by atoms with Gasteiger partial charge in [-0.1, -0.05) is 40.0 Å². The summed E-state index contributed by atoms with van der Waals surface area (Å²) in [5.41, 5.74) is 0.150. The van der Waals surface area contributed by atoms with Crippen LogP contribution in [-0.2, 0) is 9.47 Å². The molecule has 5 nitrogen and oxygen atoms in total. The largest absolute Gasteiger partial charge is 0.381 e. The van der Waals surface area contributed by atoms with Gasteiger partial charge >= 0.3 is 0 Å². The molecule has 1 aliphatic rings. The predicted octanol–water partition coefficient (Wildman–Crippen LogP) is 3.57. The first-order chi connectivity index (χ1) is 11.0. The Bertz CT molecular complexity index is 356. The highest BCUT2D eigenvalue weighted by Crippen LogP contribution is 2.24. The molecule has 0 spiro atoms. The number of ether oxygens (including phenoxy) is 2. The van der Waals surface area contributed by atoms with Gasteiger partial charge in [0, 0.05) is 53.3 Å². The third-order valence-electron chi connectivity index (χ3n) is 4.83. The molecule has 0 aromatic rings. The fraction of sp³-hybridized carbons (Fsp3) is 0.944. The summed E-state index contributed by atoms with van der Waals surface area (Å²) in [5.74, 6) is 0.858. The van der Waals surface area contributed by atoms with Gasteiger partial charge in [0.2, 0.25) is 0 Å². The Morgan fingerprint density at radius 2 is 1.88 bits per heavy atom. The summed E-state index contributed by atoms with van der Waals surface area (Å²) in [5, 5.41) is 6.90. The molecule has 1 aliphatic heterocycles. The molecule has 24 heavy (non-hydrogen) atoms. The van der Waals surface area contributed by atoms with Crippen LogP contribution in [0.5, 0.6) is 0 Å². The van der Waals surface area contributed by atoms with Crippen LogP contribution >= 0.6 is 24.0 Å². The van der Waals surface area contributed by atoms with Crippen molar-refractivity contribution in [3.05, 3.63) is 0 Å². The Kier molecular flexibility index (Phi) is 12.3. The molecular formula is C18H38IN3O2. The summed E-state index contributed by atoms with van der Waals surface area (Å²) in [6.45, 7) is 10.1. The molecule has 6 heteroatoms. The Morgan fingerprint density at radius 3 is 2.42 bits per heavy atom. The van der Waals surface area contributed by atoms with Gasteiger partial charge < -0.3 is 20.1 Å². The molecule has 2 N–H and O–H groups in total. The normalized spacial score (nSPS) is 18.0. The van der Waals surface area contributed by atoms with Gasteiger partial charge in [0.25, 0.3) is 0 Å². The Labute approximate surface area is 165 Å². The molecule has 1 saturated heterocycles. The third kappa shape index (κ3) is 8.85. The van der Waals surface area contributed by atoms with Crippen LogP contribution in [0.15, 0.2) is 4.99 Å². The lowest BCUT2D eigenvalue weighted by molar-refractivity contribution is -0.0855. The highest BCUT2D eigenvalue weighted by molar-refractivity contribution is 14.0. The maximum Gasteiger partial charge on any atom is 0.191 e. The van der Waals surface area contributed by atoms with Crippen LogP contribution in [0.1, 0.15) is 59.3 Å². The second-order valence-electron chi connectivity index (χ2n) is 7.40. The molecule has 0 saturated carbocycles. The first-order valence-corrected chi connectivity index (χ1v) is 9.04. The lowest BCUT2D eigenvalue weighted by atomic mass is 9.87. The molecule has 0 radical (unpaired) electrons. The zero-order chi connectivity index (χ0) is 17.2. The van der Waals surface area contributed by atoms with Gasteiger partial charge in [0.05, 0.1) is 5.60 Å². The molecule has 0 unspecified atom stereocenters. The van der Waals surface area contributed by atoms with E-state index in [1.807, 2.05) is 7.05 Å². The van der Waals surface area contributed by atoms with Crippen molar-refractivity contribution in [3.8, 4) is 0 Å². The van der Waals surface area contributed by atoms with Gasteiger partial charge in [0.15, 0.2) is 5.96 Å². The molecule has 0 atom stereocenters. The highest BCUT2D eigenvalue weighted by atomic mass is 127. The van der Waals surface area contributed by atoms with Crippen molar-refractivity contribution in [2.45, 2.75) is 64.9 Å². The van der Waals surface area contributed by atoms with E-state index in [0.717, 1.165) is 45.1 Å². The minimum absolute atomic E-state index is 0. The minimum Gasteiger partial charge on any atom is -0.381 e. The zero-order valence-electron chi connectivity index (χ0n) is 16.2. The number of hydrogen-bond acceptors (Lipinski definition) is 3. The Hall–Kier alpha value is -0.0800. The van der Waals surface area contributed by atoms with Crippen LogP contribution in [0.4, 0.5) is 0 Å². The summed E-state index contributed by atoms with van der Waals surface area (Å²) in [6.07, 6.45) is 6.98. The number of aliphatic imine (C=N–C) groups is 1. The van der Waals surface area contributed by atoms with Crippen LogP contribution < -0.4 is 10.6 Å². The molecular weight excluding hydrogens is 417 g/mol. The zero-order valence-corrected chi connectivity index (χ0v) is 18.6. The van der Waals surface area contributed by atoms with Gasteiger partial charge in [-0.25, -0.2) is 0 Å². The van der Waals surface area contributed by atoms with Crippen molar-refractivity contribution < 1.29 is 9.47 Å². The summed E-state index contributed by atoms with van der Waals surface area (Å²) >= 11 is 0. The number of methoxy groups -OCH3 is 1. The van der Waals surface area contributed by atoms with E-state index in [0.29, 0.717) is 0 Å². The second-order valence-corrected chi connectivity index (χ2v) is 7.40. The average molecular weight is 455 g/mol. The van der Waals surface area contributed by atoms with Crippen molar-refractivity contribution >= 4 is 29.9 Å². The fourth-order valence-electron chi connectivity index (χ4n) is 2.93. The van der Waals surface area contributed by atoms with E-state index in [1.54, 1.807) is 7.11 Å². The Balaban J connectivity index is 0.00000529. The number of nitrogens with one attached hydrogen (secondary N) is 2. The molecule has 0 aromatic carbocycles. The van der Waals surface area contributed by atoms with E-state index in [4.69, 9.17) is 9.47 Å². The van der Waals surface area contributed by atoms with Crippen LogP contribution in [0.2, 0.25) is 0 Å². The molecule has 1 fully saturated rings. The minimum atomic E-state index is -0.132. The molecule has 144 valence electrons. The SMILES string of the molecule is CCCCCC(C)(C)CNC(=NC)NCC1(OC)CCOCC1.I. The van der Waals surface area contributed by atoms with Gasteiger partial charge in [-0.05, 0) is 11.8 Å². The van der Waals surface area contributed by atoms with E-state index >= 15 is 0 Å². The summed E-state index contributed by atoms with van der Waals surface area (Å²) in [4.78, 5) is 4.34. The quantitative estimate of drug-likeness (QED) is 0.242. The molecule has 1 rings (SSSR count). The molecule has 0 amide bonds. The number of rotatable bonds is 9. The topological polar surface area (TPSA) is 54.9 Å². The van der Waals surface area contributed by atoms with E-state index in [-0.39, 0.29) is 35.0 Å². The van der Waals surface area contributed by atoms with Gasteiger partial charge in [-0.15, -0.1) is 24.0 Å². The van der Waals surface area contributed by atoms with E-state index < -0.39 is 0 Å². The monoisotopic (exact) mass is 455 g/mol. The summed E-state index contributed by atoms with van der Waals surface area (Å²) in [7, 11) is 3.61. The van der Waals surface area contributed by atoms with Crippen molar-refractivity contribution in [3.63, 3.8) is 0 Å². The molecule has 1 heterocycles. The molecule has 0 bridgehead atoms. The number of nitrogens with zero attached hydrogens (tertiary/aromatic N) is 1. The number of unbranched alkanes of at least 4 members (excludes halogenated alkanes) is 2. The smallest absolute Gasteiger partial charge is 0.191 e. The van der Waals surface area contributed by atoms with Crippen molar-refractivity contribution in [1.82, 2.24) is 10.6 Å². The first kappa shape index (κ1) is 23.9. The Morgan fingerprint density at radius 1 is 1.21 bits per heavy atom. The van der Waals surface area contributed by atoms with E-state index in [9.17, 15) is 0 Å². The van der Waals surface area contributed by atoms with Gasteiger partial charge in [-0.3, -0.25) is 4.99 Å². The number of hydrogen-bond donors (Lipinski definition) is 2. The lowest BCUT2D eigenvalue weighted by Gasteiger charge is -2.36. The summed E-state index contributed by atoms with van der Waals surface area (Å²) < 4.78 is 11.2. The van der Waals surface area contributed by atoms with Crippen molar-refractivity contribution in [1.29, 1.82) is 0 Å². The third-order valence-corrected chi connectivity index (χ3v) is 4.83. The number of guanidine groups is 1. The van der Waals surface area contributed by atoms with E-state index in [1.165, 1.54) is 25.7 Å². The first-order valence-electron chi connectivity index (χ1n) is 9.04. The highest BCUT2D eigenvalue weighted by Gasteiger charge is 2.32. The lowest BCUT2D eigenvalue weighted by Crippen LogP contribution is -2.51. The van der Waals surface area contributed by atoms with Crippen molar-refractivity contribution in [2.75, 3.05) is 40.5 Å². The van der Waals surface area contributed by atoms with Crippen LogP contribution in [0, 0.1) is 5.41 Å². The van der Waals surface area contributed by atoms with Crippen LogP contribution in [0.25, 0.3) is 0 Å². The predicted molar refractivity (Wildman–Crippen MR) is 112 cm³/mol. The van der Waals surface area contributed by atoms with Crippen LogP contribution in [0.3, 0.4) is 0 Å². The average Bonchev–Trinajstić information content (AvgIpc) is 2.56. The molecule has 0 aromatic heterocycles.